The molecule has 1 amide bonds. The average molecular weight is 408 g/mol. The summed E-state index contributed by atoms with van der Waals surface area (Å²) in [6.45, 7) is 8.49. The summed E-state index contributed by atoms with van der Waals surface area (Å²) < 4.78 is 7.72. The summed E-state index contributed by atoms with van der Waals surface area (Å²) >= 11 is 0. The van der Waals surface area contributed by atoms with E-state index in [0.29, 0.717) is 19.7 Å². The maximum Gasteiger partial charge on any atom is 0.227 e. The van der Waals surface area contributed by atoms with Crippen LogP contribution in [0.15, 0.2) is 42.7 Å². The third-order valence-corrected chi connectivity index (χ3v) is 5.45. The van der Waals surface area contributed by atoms with E-state index in [4.69, 9.17) is 9.84 Å². The van der Waals surface area contributed by atoms with Gasteiger partial charge >= 0.3 is 0 Å². The van der Waals surface area contributed by atoms with Crippen LogP contribution in [0.25, 0.3) is 11.2 Å². The molecule has 4 rings (SSSR count). The monoisotopic (exact) mass is 407 g/mol. The number of rotatable bonds is 5. The van der Waals surface area contributed by atoms with Crippen molar-refractivity contribution in [3.8, 4) is 5.75 Å². The average Bonchev–Trinajstić information content (AvgIpc) is 3.12. The first-order valence-electron chi connectivity index (χ1n) is 10.6. The van der Waals surface area contributed by atoms with Gasteiger partial charge in [0.2, 0.25) is 5.91 Å². The quantitative estimate of drug-likeness (QED) is 0.645. The van der Waals surface area contributed by atoms with Crippen molar-refractivity contribution in [3.05, 3.63) is 48.4 Å². The predicted octanol–water partition coefficient (Wildman–Crippen LogP) is 3.66. The van der Waals surface area contributed by atoms with Crippen LogP contribution in [0.5, 0.6) is 5.75 Å². The molecule has 0 saturated carbocycles. The highest BCUT2D eigenvalue weighted by molar-refractivity contribution is 5.82. The molecular weight excluding hydrogens is 378 g/mol. The Labute approximate surface area is 177 Å². The van der Waals surface area contributed by atoms with Crippen molar-refractivity contribution in [1.82, 2.24) is 24.6 Å². The van der Waals surface area contributed by atoms with E-state index in [1.54, 1.807) is 12.4 Å². The molecule has 0 radical (unpaired) electrons. The number of para-hydroxylation sites is 1. The van der Waals surface area contributed by atoms with E-state index < -0.39 is 0 Å². The zero-order valence-electron chi connectivity index (χ0n) is 17.9. The third kappa shape index (κ3) is 4.30. The van der Waals surface area contributed by atoms with Gasteiger partial charge in [-0.25, -0.2) is 14.6 Å². The minimum absolute atomic E-state index is 0.167. The molecule has 0 spiro atoms. The number of aromatic nitrogens is 4. The summed E-state index contributed by atoms with van der Waals surface area (Å²) in [4.78, 5) is 23.9. The van der Waals surface area contributed by atoms with Crippen LogP contribution in [0.3, 0.4) is 0 Å². The Morgan fingerprint density at radius 2 is 1.93 bits per heavy atom. The SMILES string of the molecule is CC(C)(C)C(=O)N1CCC[C@H](c2nn(CCOc3ccccc3)c3nccnc23)C1. The zero-order valence-corrected chi connectivity index (χ0v) is 17.9. The third-order valence-electron chi connectivity index (χ3n) is 5.45. The highest BCUT2D eigenvalue weighted by atomic mass is 16.5. The van der Waals surface area contributed by atoms with Crippen LogP contribution in [-0.4, -0.2) is 50.3 Å². The number of hydrogen-bond acceptors (Lipinski definition) is 5. The fourth-order valence-corrected chi connectivity index (χ4v) is 3.98. The van der Waals surface area contributed by atoms with Crippen molar-refractivity contribution in [3.63, 3.8) is 0 Å². The molecule has 1 aliphatic rings. The lowest BCUT2D eigenvalue weighted by Crippen LogP contribution is -2.44. The molecule has 158 valence electrons. The molecule has 0 aliphatic carbocycles. The lowest BCUT2D eigenvalue weighted by molar-refractivity contribution is -0.140. The number of ether oxygens (including phenoxy) is 1. The highest BCUT2D eigenvalue weighted by Gasteiger charge is 2.33. The molecule has 1 aliphatic heterocycles. The second-order valence-electron chi connectivity index (χ2n) is 8.84. The largest absolute Gasteiger partial charge is 0.492 e. The van der Waals surface area contributed by atoms with Crippen LogP contribution in [-0.2, 0) is 11.3 Å². The van der Waals surface area contributed by atoms with E-state index in [9.17, 15) is 4.79 Å². The van der Waals surface area contributed by atoms with Gasteiger partial charge < -0.3 is 9.64 Å². The fourth-order valence-electron chi connectivity index (χ4n) is 3.98. The lowest BCUT2D eigenvalue weighted by Gasteiger charge is -2.36. The van der Waals surface area contributed by atoms with Crippen LogP contribution in [0.2, 0.25) is 0 Å². The summed E-state index contributed by atoms with van der Waals surface area (Å²) in [7, 11) is 0. The summed E-state index contributed by atoms with van der Waals surface area (Å²) in [5, 5.41) is 4.87. The first-order valence-corrected chi connectivity index (χ1v) is 10.6. The minimum atomic E-state index is -0.377. The number of carbonyl (C=O) groups excluding carboxylic acids is 1. The number of hydrogen-bond donors (Lipinski definition) is 0. The first-order chi connectivity index (χ1) is 14.4. The van der Waals surface area contributed by atoms with Crippen LogP contribution in [0.4, 0.5) is 0 Å². The molecule has 7 nitrogen and oxygen atoms in total. The van der Waals surface area contributed by atoms with Crippen LogP contribution in [0, 0.1) is 5.41 Å². The standard InChI is InChI=1S/C23H29N5O2/c1-23(2,3)22(29)27-13-7-8-17(16-27)19-20-21(25-12-11-24-20)28(26-19)14-15-30-18-9-5-4-6-10-18/h4-6,9-12,17H,7-8,13-16H2,1-3H3/t17-/m0/s1. The Bertz CT molecular complexity index is 1010. The minimum Gasteiger partial charge on any atom is -0.492 e. The molecule has 2 aromatic heterocycles. The van der Waals surface area contributed by atoms with E-state index in [1.807, 2.05) is 60.7 Å². The number of carbonyl (C=O) groups is 1. The Morgan fingerprint density at radius 3 is 2.70 bits per heavy atom. The topological polar surface area (TPSA) is 73.1 Å². The van der Waals surface area contributed by atoms with E-state index in [2.05, 4.69) is 9.97 Å². The smallest absolute Gasteiger partial charge is 0.227 e. The summed E-state index contributed by atoms with van der Waals surface area (Å²) in [5.41, 5.74) is 2.15. The molecule has 1 fully saturated rings. The van der Waals surface area contributed by atoms with Gasteiger partial charge in [-0.2, -0.15) is 5.10 Å². The van der Waals surface area contributed by atoms with Crippen molar-refractivity contribution < 1.29 is 9.53 Å². The Morgan fingerprint density at radius 1 is 1.17 bits per heavy atom. The number of likely N-dealkylation sites (tertiary alicyclic amines) is 1. The van der Waals surface area contributed by atoms with Crippen molar-refractivity contribution in [2.24, 2.45) is 5.41 Å². The van der Waals surface area contributed by atoms with Gasteiger partial charge in [-0.1, -0.05) is 39.0 Å². The number of amides is 1. The van der Waals surface area contributed by atoms with E-state index in [1.165, 1.54) is 0 Å². The highest BCUT2D eigenvalue weighted by Crippen LogP contribution is 2.32. The molecule has 0 N–H and O–H groups in total. The Kier molecular flexibility index (Phi) is 5.70. The van der Waals surface area contributed by atoms with E-state index >= 15 is 0 Å². The van der Waals surface area contributed by atoms with Gasteiger partial charge in [0.25, 0.3) is 0 Å². The van der Waals surface area contributed by atoms with Gasteiger partial charge in [-0.05, 0) is 25.0 Å². The summed E-state index contributed by atoms with van der Waals surface area (Å²) in [5.74, 6) is 1.20. The summed E-state index contributed by atoms with van der Waals surface area (Å²) in [6, 6.07) is 9.75. The maximum atomic E-state index is 12.8. The Hall–Kier alpha value is -2.96. The number of fused-ring (bicyclic) bond motifs is 1. The number of piperidine rings is 1. The Balaban J connectivity index is 1.53. The van der Waals surface area contributed by atoms with Crippen molar-refractivity contribution in [2.45, 2.75) is 46.1 Å². The normalized spacial score (nSPS) is 17.3. The van der Waals surface area contributed by atoms with E-state index in [0.717, 1.165) is 42.0 Å². The van der Waals surface area contributed by atoms with Gasteiger partial charge in [0.05, 0.1) is 12.2 Å². The van der Waals surface area contributed by atoms with Gasteiger partial charge in [0, 0.05) is 36.8 Å². The molecule has 3 heterocycles. The molecule has 7 heteroatoms. The predicted molar refractivity (Wildman–Crippen MR) is 115 cm³/mol. The number of benzene rings is 1. The molecule has 1 atom stereocenters. The van der Waals surface area contributed by atoms with Gasteiger partial charge in [0.1, 0.15) is 17.9 Å². The number of nitrogens with zero attached hydrogens (tertiary/aromatic N) is 5. The molecule has 1 saturated heterocycles. The summed E-state index contributed by atoms with van der Waals surface area (Å²) in [6.07, 6.45) is 5.37. The van der Waals surface area contributed by atoms with Crippen molar-refractivity contribution >= 4 is 17.1 Å². The fraction of sp³-hybridized carbons (Fsp3) is 0.478. The molecule has 3 aromatic rings. The van der Waals surface area contributed by atoms with Crippen LogP contribution >= 0.6 is 0 Å². The van der Waals surface area contributed by atoms with E-state index in [-0.39, 0.29) is 17.2 Å². The molecule has 0 unspecified atom stereocenters. The zero-order chi connectivity index (χ0) is 21.1. The van der Waals surface area contributed by atoms with Gasteiger partial charge in [-0.15, -0.1) is 0 Å². The van der Waals surface area contributed by atoms with Crippen molar-refractivity contribution in [1.29, 1.82) is 0 Å². The second-order valence-corrected chi connectivity index (χ2v) is 8.84. The molecule has 0 bridgehead atoms. The van der Waals surface area contributed by atoms with Crippen LogP contribution < -0.4 is 4.74 Å². The molecular formula is C23H29N5O2. The van der Waals surface area contributed by atoms with Crippen LogP contribution in [0.1, 0.15) is 45.2 Å². The van der Waals surface area contributed by atoms with Crippen molar-refractivity contribution in [2.75, 3.05) is 19.7 Å². The molecule has 30 heavy (non-hydrogen) atoms. The van der Waals surface area contributed by atoms with Gasteiger partial charge in [-0.3, -0.25) is 4.79 Å². The van der Waals surface area contributed by atoms with Gasteiger partial charge in [0.15, 0.2) is 5.65 Å². The first kappa shape index (κ1) is 20.3. The molecule has 1 aromatic carbocycles. The second kappa shape index (κ2) is 8.42. The maximum absolute atomic E-state index is 12.8. The lowest BCUT2D eigenvalue weighted by atomic mass is 9.90.